The Kier molecular flexibility index (Phi) is 2.26. The molecule has 6 heteroatoms. The first-order valence-electron chi connectivity index (χ1n) is 5.15. The molecule has 2 aromatic heterocycles. The van der Waals surface area contributed by atoms with Crippen LogP contribution in [-0.4, -0.2) is 26.0 Å². The zero-order chi connectivity index (χ0) is 12.5. The summed E-state index contributed by atoms with van der Waals surface area (Å²) in [6.45, 7) is 0. The maximum atomic E-state index is 11.0. The van der Waals surface area contributed by atoms with Gasteiger partial charge in [0.05, 0.1) is 6.20 Å². The third-order valence-electron chi connectivity index (χ3n) is 2.43. The molecule has 0 radical (unpaired) electrons. The fraction of sp³-hybridized carbons (Fsp3) is 0. The predicted octanol–water partition coefficient (Wildman–Crippen LogP) is 1.98. The highest BCUT2D eigenvalue weighted by Crippen LogP contribution is 2.24. The molecule has 0 bridgehead atoms. The fourth-order valence-corrected chi connectivity index (χ4v) is 1.64. The van der Waals surface area contributed by atoms with E-state index in [1.165, 1.54) is 24.7 Å². The lowest BCUT2D eigenvalue weighted by atomic mass is 10.2. The molecule has 1 N–H and O–H groups in total. The molecule has 0 saturated carbocycles. The van der Waals surface area contributed by atoms with Crippen LogP contribution in [0.25, 0.3) is 22.7 Å². The van der Waals surface area contributed by atoms with Gasteiger partial charge in [-0.25, -0.2) is 14.8 Å². The second-order valence-electron chi connectivity index (χ2n) is 3.57. The number of oxazole rings is 1. The summed E-state index contributed by atoms with van der Waals surface area (Å²) in [5, 5.41) is 9.05. The van der Waals surface area contributed by atoms with Crippen molar-refractivity contribution in [1.29, 1.82) is 0 Å². The minimum absolute atomic E-state index is 0.0788. The van der Waals surface area contributed by atoms with E-state index in [9.17, 15) is 4.79 Å². The topological polar surface area (TPSA) is 89.1 Å². The lowest BCUT2D eigenvalue weighted by Crippen LogP contribution is -1.95. The molecule has 0 aliphatic heterocycles. The van der Waals surface area contributed by atoms with Gasteiger partial charge in [0.1, 0.15) is 16.8 Å². The highest BCUT2D eigenvalue weighted by atomic mass is 16.4. The second-order valence-corrected chi connectivity index (χ2v) is 3.57. The van der Waals surface area contributed by atoms with Crippen molar-refractivity contribution in [3.8, 4) is 11.6 Å². The van der Waals surface area contributed by atoms with Gasteiger partial charge < -0.3 is 9.52 Å². The van der Waals surface area contributed by atoms with Gasteiger partial charge in [-0.1, -0.05) is 6.07 Å². The summed E-state index contributed by atoms with van der Waals surface area (Å²) in [5.74, 6) is -0.797. The normalized spacial score (nSPS) is 10.7. The average Bonchev–Trinajstić information content (AvgIpc) is 2.83. The quantitative estimate of drug-likeness (QED) is 0.737. The predicted molar refractivity (Wildman–Crippen MR) is 62.0 cm³/mol. The van der Waals surface area contributed by atoms with E-state index in [1.807, 2.05) is 0 Å². The highest BCUT2D eigenvalue weighted by Gasteiger charge is 2.15. The van der Waals surface area contributed by atoms with Gasteiger partial charge in [0.2, 0.25) is 5.89 Å². The summed E-state index contributed by atoms with van der Waals surface area (Å²) in [6, 6.07) is 4.77. The monoisotopic (exact) mass is 241 g/mol. The summed E-state index contributed by atoms with van der Waals surface area (Å²) in [6.07, 6.45) is 4.56. The molecule has 6 nitrogen and oxygen atoms in total. The number of benzene rings is 1. The Balaban J connectivity index is 2.23. The number of aromatic carboxylic acids is 1. The van der Waals surface area contributed by atoms with Crippen LogP contribution in [0.3, 0.4) is 0 Å². The van der Waals surface area contributed by atoms with Gasteiger partial charge in [-0.15, -0.1) is 0 Å². The fourth-order valence-electron chi connectivity index (χ4n) is 1.64. The van der Waals surface area contributed by atoms with Crippen LogP contribution in [0, 0.1) is 0 Å². The first-order valence-corrected chi connectivity index (χ1v) is 5.15. The molecule has 18 heavy (non-hydrogen) atoms. The van der Waals surface area contributed by atoms with Crippen molar-refractivity contribution in [3.63, 3.8) is 0 Å². The third-order valence-corrected chi connectivity index (χ3v) is 2.43. The van der Waals surface area contributed by atoms with Crippen molar-refractivity contribution in [2.75, 3.05) is 0 Å². The molecular formula is C12H7N3O3. The molecule has 1 aromatic carbocycles. The number of aromatic nitrogens is 3. The van der Waals surface area contributed by atoms with Gasteiger partial charge >= 0.3 is 5.97 Å². The van der Waals surface area contributed by atoms with E-state index in [2.05, 4.69) is 15.0 Å². The van der Waals surface area contributed by atoms with Gasteiger partial charge in [0, 0.05) is 12.4 Å². The summed E-state index contributed by atoms with van der Waals surface area (Å²) in [7, 11) is 0. The van der Waals surface area contributed by atoms with Gasteiger partial charge in [0.15, 0.2) is 5.58 Å². The Morgan fingerprint density at radius 2 is 2.17 bits per heavy atom. The number of nitrogens with zero attached hydrogens (tertiary/aromatic N) is 3. The molecule has 2 heterocycles. The number of carbonyl (C=O) groups is 1. The molecule has 0 amide bonds. The molecule has 0 aliphatic carbocycles. The maximum absolute atomic E-state index is 11.0. The molecule has 3 rings (SSSR count). The Bertz CT molecular complexity index is 722. The number of para-hydroxylation sites is 1. The molecule has 0 saturated heterocycles. The van der Waals surface area contributed by atoms with Crippen LogP contribution in [0.5, 0.6) is 0 Å². The molecule has 0 fully saturated rings. The molecule has 88 valence electrons. The number of hydrogen-bond donors (Lipinski definition) is 1. The van der Waals surface area contributed by atoms with Crippen molar-refractivity contribution >= 4 is 17.1 Å². The summed E-state index contributed by atoms with van der Waals surface area (Å²) in [5.41, 5.74) is 1.27. The zero-order valence-corrected chi connectivity index (χ0v) is 9.07. The first-order chi connectivity index (χ1) is 8.75. The van der Waals surface area contributed by atoms with E-state index < -0.39 is 5.97 Å². The second kappa shape index (κ2) is 3.92. The summed E-state index contributed by atoms with van der Waals surface area (Å²) < 4.78 is 5.45. The molecule has 3 aromatic rings. The Morgan fingerprint density at radius 3 is 2.89 bits per heavy atom. The van der Waals surface area contributed by atoms with Gasteiger partial charge in [-0.05, 0) is 12.1 Å². The van der Waals surface area contributed by atoms with Gasteiger partial charge in [-0.2, -0.15) is 0 Å². The zero-order valence-electron chi connectivity index (χ0n) is 9.07. The van der Waals surface area contributed by atoms with Gasteiger partial charge in [-0.3, -0.25) is 4.98 Å². The van der Waals surface area contributed by atoms with Crippen molar-refractivity contribution in [2.24, 2.45) is 0 Å². The van der Waals surface area contributed by atoms with E-state index in [0.717, 1.165) is 0 Å². The molecule has 0 spiro atoms. The smallest absolute Gasteiger partial charge is 0.339 e. The molecule has 0 aliphatic rings. The van der Waals surface area contributed by atoms with Crippen LogP contribution < -0.4 is 0 Å². The van der Waals surface area contributed by atoms with Crippen LogP contribution >= 0.6 is 0 Å². The number of rotatable bonds is 2. The number of hydrogen-bond acceptors (Lipinski definition) is 5. The van der Waals surface area contributed by atoms with Crippen LogP contribution in [0.4, 0.5) is 0 Å². The van der Waals surface area contributed by atoms with Crippen LogP contribution in [-0.2, 0) is 0 Å². The number of carboxylic acid groups (broad SMARTS) is 1. The summed E-state index contributed by atoms with van der Waals surface area (Å²) >= 11 is 0. The largest absolute Gasteiger partial charge is 0.478 e. The Hall–Kier alpha value is -2.76. The van der Waals surface area contributed by atoms with Crippen LogP contribution in [0.15, 0.2) is 41.2 Å². The lowest BCUT2D eigenvalue weighted by molar-refractivity contribution is 0.0698. The molecule has 0 atom stereocenters. The third kappa shape index (κ3) is 1.60. The van der Waals surface area contributed by atoms with Crippen LogP contribution in [0.1, 0.15) is 10.4 Å². The minimum Gasteiger partial charge on any atom is -0.478 e. The minimum atomic E-state index is -1.05. The molecular weight excluding hydrogens is 234 g/mol. The lowest BCUT2D eigenvalue weighted by Gasteiger charge is -1.93. The Labute approximate surface area is 101 Å². The van der Waals surface area contributed by atoms with E-state index >= 15 is 0 Å². The van der Waals surface area contributed by atoms with Crippen molar-refractivity contribution in [1.82, 2.24) is 15.0 Å². The SMILES string of the molecule is O=C(O)c1cccc2nc(-c3cnccn3)oc12. The van der Waals surface area contributed by atoms with Crippen molar-refractivity contribution in [2.45, 2.75) is 0 Å². The molecule has 0 unspecified atom stereocenters. The standard InChI is InChI=1S/C12H7N3O3/c16-12(17)7-2-1-3-8-10(7)18-11(15-8)9-6-13-4-5-14-9/h1-6H,(H,16,17). The van der Waals surface area contributed by atoms with Crippen LogP contribution in [0.2, 0.25) is 0 Å². The van der Waals surface area contributed by atoms with E-state index in [4.69, 9.17) is 9.52 Å². The van der Waals surface area contributed by atoms with Crippen molar-refractivity contribution < 1.29 is 14.3 Å². The summed E-state index contributed by atoms with van der Waals surface area (Å²) in [4.78, 5) is 23.2. The van der Waals surface area contributed by atoms with Crippen molar-refractivity contribution in [3.05, 3.63) is 42.4 Å². The first kappa shape index (κ1) is 10.4. The Morgan fingerprint density at radius 1 is 1.28 bits per heavy atom. The highest BCUT2D eigenvalue weighted by molar-refractivity contribution is 6.00. The van der Waals surface area contributed by atoms with Gasteiger partial charge in [0.25, 0.3) is 0 Å². The average molecular weight is 241 g/mol. The number of fused-ring (bicyclic) bond motifs is 1. The van der Waals surface area contributed by atoms with E-state index in [-0.39, 0.29) is 17.0 Å². The van der Waals surface area contributed by atoms with E-state index in [0.29, 0.717) is 11.2 Å². The van der Waals surface area contributed by atoms with E-state index in [1.54, 1.807) is 12.1 Å². The number of carboxylic acids is 1. The maximum Gasteiger partial charge on any atom is 0.339 e.